The molecular formula is C18H24N2O5S. The van der Waals surface area contributed by atoms with Crippen molar-refractivity contribution in [2.24, 2.45) is 5.92 Å². The molecule has 1 amide bonds. The highest BCUT2D eigenvalue weighted by Crippen LogP contribution is 2.27. The summed E-state index contributed by atoms with van der Waals surface area (Å²) in [6.07, 6.45) is 4.10. The lowest BCUT2D eigenvalue weighted by atomic mass is 10.1. The zero-order valence-corrected chi connectivity index (χ0v) is 15.7. The Morgan fingerprint density at radius 1 is 1.00 bits per heavy atom. The molecule has 1 aliphatic heterocycles. The Labute approximate surface area is 154 Å². The number of ether oxygens (including phenoxy) is 1. The van der Waals surface area contributed by atoms with E-state index in [1.54, 1.807) is 4.90 Å². The summed E-state index contributed by atoms with van der Waals surface area (Å²) >= 11 is 0. The standard InChI is InChI=1S/C18H24N2O5S/c1-25-18(22)15-6-8-16(9-7-15)26(23,24)20-12-10-19(11-13-20)17(21)14-4-2-3-5-14/h6-9,14H,2-5,10-13H2,1H3. The Morgan fingerprint density at radius 2 is 1.58 bits per heavy atom. The summed E-state index contributed by atoms with van der Waals surface area (Å²) in [5.41, 5.74) is 0.304. The monoisotopic (exact) mass is 380 g/mol. The van der Waals surface area contributed by atoms with E-state index in [0.717, 1.165) is 25.7 Å². The van der Waals surface area contributed by atoms with Crippen LogP contribution < -0.4 is 0 Å². The van der Waals surface area contributed by atoms with Gasteiger partial charge >= 0.3 is 5.97 Å². The minimum absolute atomic E-state index is 0.115. The van der Waals surface area contributed by atoms with Crippen LogP contribution in [0, 0.1) is 5.92 Å². The lowest BCUT2D eigenvalue weighted by Gasteiger charge is -2.35. The van der Waals surface area contributed by atoms with Crippen LogP contribution in [0.2, 0.25) is 0 Å². The number of methoxy groups -OCH3 is 1. The first-order valence-corrected chi connectivity index (χ1v) is 10.3. The Kier molecular flexibility index (Phi) is 5.62. The van der Waals surface area contributed by atoms with Crippen LogP contribution in [0.1, 0.15) is 36.0 Å². The highest BCUT2D eigenvalue weighted by Gasteiger charge is 2.33. The van der Waals surface area contributed by atoms with Crippen LogP contribution in [-0.4, -0.2) is 62.8 Å². The van der Waals surface area contributed by atoms with Gasteiger partial charge < -0.3 is 9.64 Å². The quantitative estimate of drug-likeness (QED) is 0.739. The first-order chi connectivity index (χ1) is 12.4. The maximum Gasteiger partial charge on any atom is 0.337 e. The van der Waals surface area contributed by atoms with E-state index in [1.807, 2.05) is 0 Å². The van der Waals surface area contributed by atoms with Crippen molar-refractivity contribution in [3.63, 3.8) is 0 Å². The molecule has 0 aromatic heterocycles. The third-order valence-electron chi connectivity index (χ3n) is 5.17. The SMILES string of the molecule is COC(=O)c1ccc(S(=O)(=O)N2CCN(C(=O)C3CCCC3)CC2)cc1. The number of carbonyl (C=O) groups excluding carboxylic acids is 2. The van der Waals surface area contributed by atoms with Crippen molar-refractivity contribution in [3.05, 3.63) is 29.8 Å². The zero-order chi connectivity index (χ0) is 18.7. The van der Waals surface area contributed by atoms with Gasteiger partial charge in [0.05, 0.1) is 17.6 Å². The third-order valence-corrected chi connectivity index (χ3v) is 7.08. The van der Waals surface area contributed by atoms with E-state index in [1.165, 1.54) is 35.7 Å². The summed E-state index contributed by atoms with van der Waals surface area (Å²) < 4.78 is 31.6. The Bertz CT molecular complexity index is 761. The van der Waals surface area contributed by atoms with E-state index in [4.69, 9.17) is 0 Å². The molecule has 2 aliphatic rings. The van der Waals surface area contributed by atoms with Crippen LogP contribution in [0.25, 0.3) is 0 Å². The first kappa shape index (κ1) is 18.8. The number of hydrogen-bond acceptors (Lipinski definition) is 5. The van der Waals surface area contributed by atoms with Crippen LogP contribution in [0.5, 0.6) is 0 Å². The average Bonchev–Trinajstić information content (AvgIpc) is 3.21. The van der Waals surface area contributed by atoms with Gasteiger partial charge in [-0.3, -0.25) is 4.79 Å². The molecule has 7 nitrogen and oxygen atoms in total. The molecule has 0 spiro atoms. The molecule has 1 aromatic rings. The molecule has 2 fully saturated rings. The number of sulfonamides is 1. The molecule has 1 saturated heterocycles. The van der Waals surface area contributed by atoms with Gasteiger partial charge in [-0.1, -0.05) is 12.8 Å². The molecule has 1 aliphatic carbocycles. The van der Waals surface area contributed by atoms with E-state index >= 15 is 0 Å². The van der Waals surface area contributed by atoms with E-state index in [2.05, 4.69) is 4.74 Å². The molecule has 1 saturated carbocycles. The van der Waals surface area contributed by atoms with Crippen molar-refractivity contribution in [1.29, 1.82) is 0 Å². The van der Waals surface area contributed by atoms with Gasteiger partial charge in [0.25, 0.3) is 0 Å². The van der Waals surface area contributed by atoms with Crippen molar-refractivity contribution < 1.29 is 22.7 Å². The second kappa shape index (κ2) is 7.75. The molecule has 0 atom stereocenters. The van der Waals surface area contributed by atoms with Crippen LogP contribution >= 0.6 is 0 Å². The summed E-state index contributed by atoms with van der Waals surface area (Å²) in [6, 6.07) is 5.71. The van der Waals surface area contributed by atoms with Gasteiger partial charge in [-0.15, -0.1) is 0 Å². The second-order valence-electron chi connectivity index (χ2n) is 6.73. The van der Waals surface area contributed by atoms with Gasteiger partial charge in [0.1, 0.15) is 0 Å². The Morgan fingerprint density at radius 3 is 2.12 bits per heavy atom. The van der Waals surface area contributed by atoms with Gasteiger partial charge in [-0.05, 0) is 37.1 Å². The second-order valence-corrected chi connectivity index (χ2v) is 8.66. The fourth-order valence-electron chi connectivity index (χ4n) is 3.61. The van der Waals surface area contributed by atoms with E-state index in [-0.39, 0.29) is 16.7 Å². The summed E-state index contributed by atoms with van der Waals surface area (Å²) in [4.78, 5) is 25.9. The predicted octanol–water partition coefficient (Wildman–Crippen LogP) is 1.50. The maximum atomic E-state index is 12.8. The number of benzene rings is 1. The number of rotatable bonds is 4. The van der Waals surface area contributed by atoms with E-state index in [9.17, 15) is 18.0 Å². The average molecular weight is 380 g/mol. The van der Waals surface area contributed by atoms with Crippen molar-refractivity contribution >= 4 is 21.9 Å². The van der Waals surface area contributed by atoms with Gasteiger partial charge in [0.15, 0.2) is 0 Å². The predicted molar refractivity (Wildman–Crippen MR) is 95.1 cm³/mol. The molecule has 1 aromatic carbocycles. The first-order valence-electron chi connectivity index (χ1n) is 8.91. The third kappa shape index (κ3) is 3.76. The molecule has 0 radical (unpaired) electrons. The molecule has 8 heteroatoms. The number of nitrogens with zero attached hydrogens (tertiary/aromatic N) is 2. The lowest BCUT2D eigenvalue weighted by Crippen LogP contribution is -2.51. The van der Waals surface area contributed by atoms with Gasteiger partial charge in [0, 0.05) is 32.1 Å². The van der Waals surface area contributed by atoms with Crippen LogP contribution in [0.15, 0.2) is 29.2 Å². The minimum Gasteiger partial charge on any atom is -0.465 e. The highest BCUT2D eigenvalue weighted by atomic mass is 32.2. The molecule has 0 N–H and O–H groups in total. The van der Waals surface area contributed by atoms with Crippen molar-refractivity contribution in [1.82, 2.24) is 9.21 Å². The zero-order valence-electron chi connectivity index (χ0n) is 14.9. The van der Waals surface area contributed by atoms with Crippen LogP contribution in [0.4, 0.5) is 0 Å². The summed E-state index contributed by atoms with van der Waals surface area (Å²) in [5, 5.41) is 0. The van der Waals surface area contributed by atoms with E-state index in [0.29, 0.717) is 31.7 Å². The lowest BCUT2D eigenvalue weighted by molar-refractivity contribution is -0.136. The molecule has 142 valence electrons. The highest BCUT2D eigenvalue weighted by molar-refractivity contribution is 7.89. The fourth-order valence-corrected chi connectivity index (χ4v) is 5.03. The molecule has 0 bridgehead atoms. The Balaban J connectivity index is 1.64. The number of hydrogen-bond donors (Lipinski definition) is 0. The Hall–Kier alpha value is -1.93. The van der Waals surface area contributed by atoms with Gasteiger partial charge in [-0.2, -0.15) is 4.31 Å². The summed E-state index contributed by atoms with van der Waals surface area (Å²) in [5.74, 6) is -0.223. The largest absolute Gasteiger partial charge is 0.465 e. The fraction of sp³-hybridized carbons (Fsp3) is 0.556. The smallest absolute Gasteiger partial charge is 0.337 e. The minimum atomic E-state index is -3.64. The van der Waals surface area contributed by atoms with Gasteiger partial charge in [-0.25, -0.2) is 13.2 Å². The number of carbonyl (C=O) groups is 2. The molecule has 26 heavy (non-hydrogen) atoms. The molecule has 0 unspecified atom stereocenters. The molecular weight excluding hydrogens is 356 g/mol. The van der Waals surface area contributed by atoms with Crippen molar-refractivity contribution in [2.45, 2.75) is 30.6 Å². The number of piperazine rings is 1. The summed E-state index contributed by atoms with van der Waals surface area (Å²) in [6.45, 7) is 1.43. The summed E-state index contributed by atoms with van der Waals surface area (Å²) in [7, 11) is -2.36. The van der Waals surface area contributed by atoms with E-state index < -0.39 is 16.0 Å². The van der Waals surface area contributed by atoms with Crippen molar-refractivity contribution in [2.75, 3.05) is 33.3 Å². The number of amides is 1. The normalized spacial score (nSPS) is 19.5. The van der Waals surface area contributed by atoms with Crippen LogP contribution in [0.3, 0.4) is 0 Å². The topological polar surface area (TPSA) is 84.0 Å². The van der Waals surface area contributed by atoms with Crippen LogP contribution in [-0.2, 0) is 19.6 Å². The van der Waals surface area contributed by atoms with Gasteiger partial charge in [0.2, 0.25) is 15.9 Å². The molecule has 1 heterocycles. The van der Waals surface area contributed by atoms with Crippen molar-refractivity contribution in [3.8, 4) is 0 Å². The maximum absolute atomic E-state index is 12.8. The number of esters is 1. The molecule has 3 rings (SSSR count).